The number of pyridine rings is 1. The van der Waals surface area contributed by atoms with Crippen molar-refractivity contribution in [3.05, 3.63) is 30.1 Å². The number of nitrogens with zero attached hydrogens (tertiary/aromatic N) is 2. The standard InChI is InChI=1S/C13H19N3O/c1-10-3-2-8-16(12(10)9-14)13(17)11-4-6-15-7-5-11/h4-7,10,12H,2-3,8-9,14H2,1H3. The van der Waals surface area contributed by atoms with E-state index in [0.29, 0.717) is 18.0 Å². The van der Waals surface area contributed by atoms with Crippen molar-refractivity contribution >= 4 is 5.91 Å². The Hall–Kier alpha value is -1.42. The summed E-state index contributed by atoms with van der Waals surface area (Å²) in [4.78, 5) is 18.2. The van der Waals surface area contributed by atoms with Crippen LogP contribution >= 0.6 is 0 Å². The molecule has 1 aliphatic rings. The lowest BCUT2D eigenvalue weighted by atomic mass is 9.90. The summed E-state index contributed by atoms with van der Waals surface area (Å²) in [6.45, 7) is 3.52. The Morgan fingerprint density at radius 2 is 2.24 bits per heavy atom. The molecule has 1 aliphatic heterocycles. The van der Waals surface area contributed by atoms with E-state index in [9.17, 15) is 4.79 Å². The van der Waals surface area contributed by atoms with E-state index in [1.165, 1.54) is 0 Å². The normalized spacial score (nSPS) is 24.7. The van der Waals surface area contributed by atoms with Gasteiger partial charge in [0, 0.05) is 37.1 Å². The van der Waals surface area contributed by atoms with Gasteiger partial charge in [-0.1, -0.05) is 6.92 Å². The van der Waals surface area contributed by atoms with Crippen LogP contribution in [0.1, 0.15) is 30.1 Å². The summed E-state index contributed by atoms with van der Waals surface area (Å²) in [6, 6.07) is 3.69. The predicted molar refractivity (Wildman–Crippen MR) is 66.5 cm³/mol. The van der Waals surface area contributed by atoms with Gasteiger partial charge in [0.05, 0.1) is 0 Å². The van der Waals surface area contributed by atoms with Crippen LogP contribution in [0.5, 0.6) is 0 Å². The number of rotatable bonds is 2. The third kappa shape index (κ3) is 2.47. The van der Waals surface area contributed by atoms with Crippen LogP contribution in [-0.4, -0.2) is 34.9 Å². The Kier molecular flexibility index (Phi) is 3.74. The molecule has 0 aliphatic carbocycles. The second-order valence-corrected chi connectivity index (χ2v) is 4.66. The highest BCUT2D eigenvalue weighted by molar-refractivity contribution is 5.94. The number of amides is 1. The van der Waals surface area contributed by atoms with Crippen LogP contribution in [-0.2, 0) is 0 Å². The van der Waals surface area contributed by atoms with Gasteiger partial charge in [-0.05, 0) is 30.9 Å². The molecular formula is C13H19N3O. The fourth-order valence-electron chi connectivity index (χ4n) is 2.52. The first kappa shape index (κ1) is 12.0. The van der Waals surface area contributed by atoms with Gasteiger partial charge in [0.2, 0.25) is 0 Å². The summed E-state index contributed by atoms with van der Waals surface area (Å²) in [6.07, 6.45) is 5.52. The molecule has 1 saturated heterocycles. The molecule has 2 rings (SSSR count). The molecule has 2 unspecified atom stereocenters. The molecule has 0 radical (unpaired) electrons. The van der Waals surface area contributed by atoms with Crippen LogP contribution < -0.4 is 5.73 Å². The molecule has 92 valence electrons. The monoisotopic (exact) mass is 233 g/mol. The zero-order valence-corrected chi connectivity index (χ0v) is 10.2. The number of hydrogen-bond donors (Lipinski definition) is 1. The average molecular weight is 233 g/mol. The van der Waals surface area contributed by atoms with Gasteiger partial charge in [-0.25, -0.2) is 0 Å². The van der Waals surface area contributed by atoms with Crippen LogP contribution in [0.2, 0.25) is 0 Å². The van der Waals surface area contributed by atoms with Crippen molar-refractivity contribution < 1.29 is 4.79 Å². The Labute approximate surface area is 102 Å². The van der Waals surface area contributed by atoms with Crippen LogP contribution in [0, 0.1) is 5.92 Å². The first-order chi connectivity index (χ1) is 8.24. The number of nitrogens with two attached hydrogens (primary N) is 1. The third-order valence-corrected chi connectivity index (χ3v) is 3.55. The molecule has 1 amide bonds. The molecular weight excluding hydrogens is 214 g/mol. The Morgan fingerprint density at radius 3 is 2.88 bits per heavy atom. The third-order valence-electron chi connectivity index (χ3n) is 3.55. The molecule has 1 fully saturated rings. The SMILES string of the molecule is CC1CCCN(C(=O)c2ccncc2)C1CN. The largest absolute Gasteiger partial charge is 0.334 e. The molecule has 4 nitrogen and oxygen atoms in total. The van der Waals surface area contributed by atoms with E-state index < -0.39 is 0 Å². The Balaban J connectivity index is 2.18. The maximum atomic E-state index is 12.4. The molecule has 2 heterocycles. The molecule has 0 bridgehead atoms. The Bertz CT molecular complexity index is 380. The Morgan fingerprint density at radius 1 is 1.53 bits per heavy atom. The van der Waals surface area contributed by atoms with Crippen LogP contribution in [0.25, 0.3) is 0 Å². The lowest BCUT2D eigenvalue weighted by Gasteiger charge is -2.39. The fourth-order valence-corrected chi connectivity index (χ4v) is 2.52. The fraction of sp³-hybridized carbons (Fsp3) is 0.538. The number of carbonyl (C=O) groups excluding carboxylic acids is 1. The van der Waals surface area contributed by atoms with Crippen LogP contribution in [0.15, 0.2) is 24.5 Å². The van der Waals surface area contributed by atoms with Gasteiger partial charge in [-0.3, -0.25) is 9.78 Å². The van der Waals surface area contributed by atoms with Gasteiger partial charge < -0.3 is 10.6 Å². The zero-order chi connectivity index (χ0) is 12.3. The lowest BCUT2D eigenvalue weighted by Crippen LogP contribution is -2.51. The van der Waals surface area contributed by atoms with Crippen molar-refractivity contribution in [1.82, 2.24) is 9.88 Å². The van der Waals surface area contributed by atoms with Gasteiger partial charge in [0.25, 0.3) is 5.91 Å². The van der Waals surface area contributed by atoms with E-state index in [0.717, 1.165) is 19.4 Å². The van der Waals surface area contributed by atoms with Crippen molar-refractivity contribution in [3.63, 3.8) is 0 Å². The van der Waals surface area contributed by atoms with Crippen molar-refractivity contribution in [3.8, 4) is 0 Å². The molecule has 1 aromatic rings. The van der Waals surface area contributed by atoms with E-state index in [1.807, 2.05) is 4.90 Å². The summed E-state index contributed by atoms with van der Waals surface area (Å²) < 4.78 is 0. The maximum absolute atomic E-state index is 12.4. The van der Waals surface area contributed by atoms with Crippen molar-refractivity contribution in [2.24, 2.45) is 11.7 Å². The molecule has 1 aromatic heterocycles. The van der Waals surface area contributed by atoms with E-state index in [-0.39, 0.29) is 11.9 Å². The molecule has 0 spiro atoms. The van der Waals surface area contributed by atoms with Crippen molar-refractivity contribution in [2.45, 2.75) is 25.8 Å². The van der Waals surface area contributed by atoms with Crippen molar-refractivity contribution in [2.75, 3.05) is 13.1 Å². The first-order valence-corrected chi connectivity index (χ1v) is 6.15. The highest BCUT2D eigenvalue weighted by Gasteiger charge is 2.31. The van der Waals surface area contributed by atoms with Crippen LogP contribution in [0.4, 0.5) is 0 Å². The summed E-state index contributed by atoms with van der Waals surface area (Å²) in [5.74, 6) is 0.564. The van der Waals surface area contributed by atoms with Gasteiger partial charge in [0.15, 0.2) is 0 Å². The van der Waals surface area contributed by atoms with E-state index in [4.69, 9.17) is 5.73 Å². The quantitative estimate of drug-likeness (QED) is 0.837. The first-order valence-electron chi connectivity index (χ1n) is 6.15. The van der Waals surface area contributed by atoms with E-state index in [1.54, 1.807) is 24.5 Å². The van der Waals surface area contributed by atoms with E-state index >= 15 is 0 Å². The number of hydrogen-bond acceptors (Lipinski definition) is 3. The molecule has 0 aromatic carbocycles. The molecule has 2 atom stereocenters. The summed E-state index contributed by atoms with van der Waals surface area (Å²) in [5.41, 5.74) is 6.50. The minimum atomic E-state index is 0.0781. The molecule has 17 heavy (non-hydrogen) atoms. The maximum Gasteiger partial charge on any atom is 0.254 e. The van der Waals surface area contributed by atoms with E-state index in [2.05, 4.69) is 11.9 Å². The smallest absolute Gasteiger partial charge is 0.254 e. The predicted octanol–water partition coefficient (Wildman–Crippen LogP) is 1.28. The van der Waals surface area contributed by atoms with Gasteiger partial charge in [-0.2, -0.15) is 0 Å². The van der Waals surface area contributed by atoms with Gasteiger partial charge in [0.1, 0.15) is 0 Å². The lowest BCUT2D eigenvalue weighted by molar-refractivity contribution is 0.0532. The minimum absolute atomic E-state index is 0.0781. The number of aromatic nitrogens is 1. The van der Waals surface area contributed by atoms with Crippen LogP contribution in [0.3, 0.4) is 0 Å². The number of likely N-dealkylation sites (tertiary alicyclic amines) is 1. The summed E-state index contributed by atoms with van der Waals surface area (Å²) in [7, 11) is 0. The molecule has 4 heteroatoms. The van der Waals surface area contributed by atoms with Gasteiger partial charge >= 0.3 is 0 Å². The molecule has 2 N–H and O–H groups in total. The average Bonchev–Trinajstić information content (AvgIpc) is 2.38. The topological polar surface area (TPSA) is 59.2 Å². The molecule has 0 saturated carbocycles. The van der Waals surface area contributed by atoms with Crippen molar-refractivity contribution in [1.29, 1.82) is 0 Å². The second-order valence-electron chi connectivity index (χ2n) is 4.66. The second kappa shape index (κ2) is 5.27. The highest BCUT2D eigenvalue weighted by Crippen LogP contribution is 2.24. The summed E-state index contributed by atoms with van der Waals surface area (Å²) in [5, 5.41) is 0. The summed E-state index contributed by atoms with van der Waals surface area (Å²) >= 11 is 0. The number of piperidine rings is 1. The van der Waals surface area contributed by atoms with Gasteiger partial charge in [-0.15, -0.1) is 0 Å². The minimum Gasteiger partial charge on any atom is -0.334 e. The number of carbonyl (C=O) groups is 1. The zero-order valence-electron chi connectivity index (χ0n) is 10.2. The highest BCUT2D eigenvalue weighted by atomic mass is 16.2.